The second kappa shape index (κ2) is 6.00. The monoisotopic (exact) mass is 342 g/mol. The first-order valence-corrected chi connectivity index (χ1v) is 6.36. The molecule has 0 atom stereocenters. The Labute approximate surface area is 121 Å². The predicted octanol–water partition coefficient (Wildman–Crippen LogP) is 4.00. The van der Waals surface area contributed by atoms with Crippen molar-refractivity contribution >= 4 is 21.9 Å². The van der Waals surface area contributed by atoms with Crippen LogP contribution in [0.2, 0.25) is 0 Å². The average Bonchev–Trinajstić information content (AvgIpc) is 2.41. The van der Waals surface area contributed by atoms with Gasteiger partial charge < -0.3 is 9.84 Å². The van der Waals surface area contributed by atoms with Gasteiger partial charge in [-0.15, -0.1) is 0 Å². The Bertz CT molecular complexity index is 642. The fraction of sp³-hybridized carbons (Fsp3) is 0.0714. The van der Waals surface area contributed by atoms with E-state index in [1.807, 2.05) is 0 Å². The van der Waals surface area contributed by atoms with Crippen molar-refractivity contribution in [1.29, 1.82) is 0 Å². The van der Waals surface area contributed by atoms with Crippen LogP contribution in [0.5, 0.6) is 5.75 Å². The summed E-state index contributed by atoms with van der Waals surface area (Å²) in [6.07, 6.45) is 0. The summed E-state index contributed by atoms with van der Waals surface area (Å²) in [6, 6.07) is 8.26. The first kappa shape index (κ1) is 14.5. The van der Waals surface area contributed by atoms with E-state index in [1.165, 1.54) is 18.2 Å². The van der Waals surface area contributed by atoms with Crippen molar-refractivity contribution in [2.24, 2.45) is 0 Å². The summed E-state index contributed by atoms with van der Waals surface area (Å²) in [6.45, 7) is 0.00666. The molecular weight excluding hydrogens is 334 g/mol. The maximum atomic E-state index is 13.5. The lowest BCUT2D eigenvalue weighted by Gasteiger charge is -2.08. The van der Waals surface area contributed by atoms with Gasteiger partial charge >= 0.3 is 5.97 Å². The first-order chi connectivity index (χ1) is 9.47. The molecule has 0 bridgehead atoms. The van der Waals surface area contributed by atoms with Crippen molar-refractivity contribution in [2.75, 3.05) is 0 Å². The third-order valence-electron chi connectivity index (χ3n) is 2.55. The molecule has 0 aromatic heterocycles. The van der Waals surface area contributed by atoms with E-state index in [0.29, 0.717) is 10.0 Å². The summed E-state index contributed by atoms with van der Waals surface area (Å²) in [5, 5.41) is 8.75. The third kappa shape index (κ3) is 3.33. The molecule has 0 radical (unpaired) electrons. The molecule has 2 rings (SSSR count). The van der Waals surface area contributed by atoms with Gasteiger partial charge in [0.15, 0.2) is 11.6 Å². The number of halogens is 3. The Morgan fingerprint density at radius 1 is 1.20 bits per heavy atom. The first-order valence-electron chi connectivity index (χ1n) is 5.57. The molecule has 2 aromatic carbocycles. The zero-order valence-corrected chi connectivity index (χ0v) is 11.7. The van der Waals surface area contributed by atoms with Crippen LogP contribution in [0.15, 0.2) is 40.9 Å². The second-order valence-corrected chi connectivity index (χ2v) is 4.91. The molecule has 1 N–H and O–H groups in total. The van der Waals surface area contributed by atoms with Crippen LogP contribution in [0.4, 0.5) is 8.78 Å². The van der Waals surface area contributed by atoms with E-state index in [4.69, 9.17) is 9.84 Å². The molecule has 6 heteroatoms. The molecular formula is C14H9BrF2O3. The highest BCUT2D eigenvalue weighted by atomic mass is 79.9. The lowest BCUT2D eigenvalue weighted by Crippen LogP contribution is -2.01. The minimum atomic E-state index is -1.06. The van der Waals surface area contributed by atoms with Crippen molar-refractivity contribution < 1.29 is 23.4 Å². The number of hydrogen-bond acceptors (Lipinski definition) is 2. The molecule has 20 heavy (non-hydrogen) atoms. The fourth-order valence-electron chi connectivity index (χ4n) is 1.54. The number of carboxylic acid groups (broad SMARTS) is 1. The smallest absolute Gasteiger partial charge is 0.335 e. The number of carbonyl (C=O) groups is 1. The highest BCUT2D eigenvalue weighted by Crippen LogP contribution is 2.26. The van der Waals surface area contributed by atoms with Crippen LogP contribution in [0.1, 0.15) is 15.9 Å². The largest absolute Gasteiger partial charge is 0.486 e. The number of carboxylic acids is 1. The summed E-state index contributed by atoms with van der Waals surface area (Å²) < 4.78 is 32.2. The number of rotatable bonds is 4. The van der Waals surface area contributed by atoms with Crippen molar-refractivity contribution in [3.05, 3.63) is 63.6 Å². The quantitative estimate of drug-likeness (QED) is 0.854. The minimum absolute atomic E-state index is 0.00666. The fourth-order valence-corrected chi connectivity index (χ4v) is 1.95. The van der Waals surface area contributed by atoms with Gasteiger partial charge in [-0.1, -0.05) is 28.1 Å². The molecule has 0 aliphatic carbocycles. The van der Waals surface area contributed by atoms with Crippen LogP contribution in [0.3, 0.4) is 0 Å². The zero-order valence-electron chi connectivity index (χ0n) is 10.1. The van der Waals surface area contributed by atoms with E-state index in [2.05, 4.69) is 15.9 Å². The van der Waals surface area contributed by atoms with Gasteiger partial charge in [-0.25, -0.2) is 9.18 Å². The summed E-state index contributed by atoms with van der Waals surface area (Å²) in [7, 11) is 0. The van der Waals surface area contributed by atoms with E-state index in [9.17, 15) is 13.6 Å². The second-order valence-electron chi connectivity index (χ2n) is 3.99. The maximum absolute atomic E-state index is 13.5. The predicted molar refractivity (Wildman–Crippen MR) is 71.8 cm³/mol. The molecule has 0 unspecified atom stereocenters. The van der Waals surface area contributed by atoms with E-state index in [0.717, 1.165) is 6.07 Å². The Morgan fingerprint density at radius 3 is 2.45 bits per heavy atom. The number of ether oxygens (including phenoxy) is 1. The molecule has 0 aliphatic heterocycles. The molecule has 104 valence electrons. The van der Waals surface area contributed by atoms with E-state index < -0.39 is 17.6 Å². The third-order valence-corrected chi connectivity index (χ3v) is 3.01. The van der Waals surface area contributed by atoms with Gasteiger partial charge in [-0.05, 0) is 29.8 Å². The molecule has 2 aromatic rings. The van der Waals surface area contributed by atoms with Crippen molar-refractivity contribution in [3.8, 4) is 5.75 Å². The molecule has 0 aliphatic rings. The highest BCUT2D eigenvalue weighted by Gasteiger charge is 2.11. The van der Waals surface area contributed by atoms with Gasteiger partial charge in [0.2, 0.25) is 5.82 Å². The molecule has 3 nitrogen and oxygen atoms in total. The molecule has 0 amide bonds. The van der Waals surface area contributed by atoms with Crippen molar-refractivity contribution in [2.45, 2.75) is 6.61 Å². The van der Waals surface area contributed by atoms with E-state index >= 15 is 0 Å². The van der Waals surface area contributed by atoms with Crippen LogP contribution >= 0.6 is 15.9 Å². The lowest BCUT2D eigenvalue weighted by molar-refractivity contribution is 0.0697. The SMILES string of the molecule is O=C(O)c1ccc(COc2cc(Br)cc(F)c2F)cc1. The van der Waals surface area contributed by atoms with Crippen LogP contribution in [0, 0.1) is 11.6 Å². The molecule has 0 saturated heterocycles. The summed E-state index contributed by atoms with van der Waals surface area (Å²) in [5.74, 6) is -3.30. The minimum Gasteiger partial charge on any atom is -0.486 e. The van der Waals surface area contributed by atoms with Gasteiger partial charge in [0.1, 0.15) is 6.61 Å². The summed E-state index contributed by atoms with van der Waals surface area (Å²) >= 11 is 3.05. The Hall–Kier alpha value is -1.95. The molecule has 0 spiro atoms. The molecule has 0 heterocycles. The topological polar surface area (TPSA) is 46.5 Å². The molecule has 0 fully saturated rings. The van der Waals surface area contributed by atoms with Crippen molar-refractivity contribution in [3.63, 3.8) is 0 Å². The number of hydrogen-bond donors (Lipinski definition) is 1. The summed E-state index contributed by atoms with van der Waals surface area (Å²) in [4.78, 5) is 10.7. The standard InChI is InChI=1S/C14H9BrF2O3/c15-10-5-11(16)13(17)12(6-10)20-7-8-1-3-9(4-2-8)14(18)19/h1-6H,7H2,(H,18,19). The Kier molecular flexibility index (Phi) is 4.34. The average molecular weight is 343 g/mol. The lowest BCUT2D eigenvalue weighted by atomic mass is 10.1. The Balaban J connectivity index is 2.11. The number of benzene rings is 2. The van der Waals surface area contributed by atoms with Gasteiger partial charge in [0, 0.05) is 4.47 Å². The van der Waals surface area contributed by atoms with E-state index in [1.54, 1.807) is 12.1 Å². The zero-order chi connectivity index (χ0) is 14.7. The van der Waals surface area contributed by atoms with Crippen LogP contribution < -0.4 is 4.74 Å². The van der Waals surface area contributed by atoms with Gasteiger partial charge in [-0.3, -0.25) is 0 Å². The van der Waals surface area contributed by atoms with Gasteiger partial charge in [0.05, 0.1) is 5.56 Å². The normalized spacial score (nSPS) is 10.3. The van der Waals surface area contributed by atoms with Gasteiger partial charge in [-0.2, -0.15) is 4.39 Å². The molecule has 0 saturated carbocycles. The number of aromatic carboxylic acids is 1. The maximum Gasteiger partial charge on any atom is 0.335 e. The van der Waals surface area contributed by atoms with E-state index in [-0.39, 0.29) is 17.9 Å². The summed E-state index contributed by atoms with van der Waals surface area (Å²) in [5.41, 5.74) is 0.795. The van der Waals surface area contributed by atoms with Crippen LogP contribution in [-0.2, 0) is 6.61 Å². The van der Waals surface area contributed by atoms with Crippen molar-refractivity contribution in [1.82, 2.24) is 0 Å². The van der Waals surface area contributed by atoms with Crippen LogP contribution in [-0.4, -0.2) is 11.1 Å². The van der Waals surface area contributed by atoms with Gasteiger partial charge in [0.25, 0.3) is 0 Å². The Morgan fingerprint density at radius 2 is 1.85 bits per heavy atom. The van der Waals surface area contributed by atoms with Crippen LogP contribution in [0.25, 0.3) is 0 Å². The highest BCUT2D eigenvalue weighted by molar-refractivity contribution is 9.10.